The largest absolute Gasteiger partial charge is 0.356 e. The van der Waals surface area contributed by atoms with Crippen LogP contribution in [-0.2, 0) is 0 Å². The molecule has 110 valence electrons. The Bertz CT molecular complexity index is 623. The monoisotopic (exact) mass is 302 g/mol. The average molecular weight is 303 g/mol. The number of halogens is 1. The third-order valence-electron chi connectivity index (χ3n) is 3.78. The highest BCUT2D eigenvalue weighted by molar-refractivity contribution is 6.31. The van der Waals surface area contributed by atoms with Gasteiger partial charge in [-0.1, -0.05) is 17.7 Å². The summed E-state index contributed by atoms with van der Waals surface area (Å²) in [5, 5.41) is 4.04. The minimum atomic E-state index is 0.755. The van der Waals surface area contributed by atoms with Crippen LogP contribution >= 0.6 is 11.6 Å². The molecule has 4 nitrogen and oxygen atoms in total. The van der Waals surface area contributed by atoms with Gasteiger partial charge in [0.25, 0.3) is 0 Å². The third kappa shape index (κ3) is 3.45. The number of rotatable bonds is 3. The summed E-state index contributed by atoms with van der Waals surface area (Å²) in [6.45, 7) is 4.14. The lowest BCUT2D eigenvalue weighted by Gasteiger charge is -2.27. The molecule has 0 bridgehead atoms. The maximum atomic E-state index is 6.15. The number of aryl methyl sites for hydroxylation is 1. The van der Waals surface area contributed by atoms with Crippen molar-refractivity contribution in [2.24, 2.45) is 0 Å². The van der Waals surface area contributed by atoms with Gasteiger partial charge in [0.05, 0.1) is 0 Å². The number of nitrogens with zero attached hydrogens (tertiary/aromatic N) is 3. The van der Waals surface area contributed by atoms with Crippen molar-refractivity contribution < 1.29 is 0 Å². The maximum Gasteiger partial charge on any atom is 0.135 e. The van der Waals surface area contributed by atoms with E-state index in [1.807, 2.05) is 31.2 Å². The Morgan fingerprint density at radius 2 is 1.90 bits per heavy atom. The van der Waals surface area contributed by atoms with Gasteiger partial charge in [-0.25, -0.2) is 9.97 Å². The molecule has 2 aromatic rings. The third-order valence-corrected chi connectivity index (χ3v) is 4.18. The molecular weight excluding hydrogens is 284 g/mol. The summed E-state index contributed by atoms with van der Waals surface area (Å²) < 4.78 is 0. The summed E-state index contributed by atoms with van der Waals surface area (Å²) in [6, 6.07) is 7.92. The van der Waals surface area contributed by atoms with Gasteiger partial charge < -0.3 is 10.2 Å². The number of hydrogen-bond acceptors (Lipinski definition) is 4. The summed E-state index contributed by atoms with van der Waals surface area (Å²) >= 11 is 6.15. The SMILES string of the molecule is Cc1ccc(Nc2cc(N3CCCCC3)ncn2)cc1Cl. The van der Waals surface area contributed by atoms with E-state index in [9.17, 15) is 0 Å². The molecular formula is C16H19ClN4. The lowest BCUT2D eigenvalue weighted by atomic mass is 10.1. The molecule has 2 heterocycles. The summed E-state index contributed by atoms with van der Waals surface area (Å²) in [5.41, 5.74) is 2.01. The molecule has 1 aromatic heterocycles. The Morgan fingerprint density at radius 1 is 1.10 bits per heavy atom. The van der Waals surface area contributed by atoms with Gasteiger partial charge in [-0.15, -0.1) is 0 Å². The number of piperidine rings is 1. The van der Waals surface area contributed by atoms with E-state index in [2.05, 4.69) is 20.2 Å². The first-order valence-electron chi connectivity index (χ1n) is 7.32. The highest BCUT2D eigenvalue weighted by Crippen LogP contribution is 2.24. The summed E-state index contributed by atoms with van der Waals surface area (Å²) in [4.78, 5) is 11.0. The van der Waals surface area contributed by atoms with Gasteiger partial charge in [-0.3, -0.25) is 0 Å². The molecule has 0 aliphatic carbocycles. The molecule has 0 atom stereocenters. The number of anilines is 3. The van der Waals surface area contributed by atoms with Crippen molar-refractivity contribution in [2.45, 2.75) is 26.2 Å². The highest BCUT2D eigenvalue weighted by atomic mass is 35.5. The van der Waals surface area contributed by atoms with E-state index >= 15 is 0 Å². The van der Waals surface area contributed by atoms with Crippen LogP contribution < -0.4 is 10.2 Å². The van der Waals surface area contributed by atoms with Gasteiger partial charge in [0.1, 0.15) is 18.0 Å². The lowest BCUT2D eigenvalue weighted by molar-refractivity contribution is 0.573. The maximum absolute atomic E-state index is 6.15. The van der Waals surface area contributed by atoms with Crippen LogP contribution in [0.15, 0.2) is 30.6 Å². The Labute approximate surface area is 130 Å². The average Bonchev–Trinajstić information content (AvgIpc) is 2.52. The molecule has 1 N–H and O–H groups in total. The van der Waals surface area contributed by atoms with Crippen LogP contribution in [0.3, 0.4) is 0 Å². The zero-order chi connectivity index (χ0) is 14.7. The zero-order valence-electron chi connectivity index (χ0n) is 12.1. The van der Waals surface area contributed by atoms with E-state index in [1.54, 1.807) is 6.33 Å². The molecule has 1 saturated heterocycles. The minimum absolute atomic E-state index is 0.755. The van der Waals surface area contributed by atoms with Crippen LogP contribution in [0, 0.1) is 6.92 Å². The molecule has 0 spiro atoms. The molecule has 21 heavy (non-hydrogen) atoms. The van der Waals surface area contributed by atoms with E-state index in [-0.39, 0.29) is 0 Å². The first-order valence-corrected chi connectivity index (χ1v) is 7.70. The van der Waals surface area contributed by atoms with Crippen LogP contribution in [-0.4, -0.2) is 23.1 Å². The number of nitrogens with one attached hydrogen (secondary N) is 1. The van der Waals surface area contributed by atoms with E-state index in [0.29, 0.717) is 0 Å². The van der Waals surface area contributed by atoms with E-state index in [0.717, 1.165) is 41.0 Å². The molecule has 1 aliphatic rings. The summed E-state index contributed by atoms with van der Waals surface area (Å²) in [7, 11) is 0. The standard InChI is InChI=1S/C16H19ClN4/c1-12-5-6-13(9-14(12)17)20-15-10-16(19-11-18-15)21-7-3-2-4-8-21/h5-6,9-11H,2-4,7-8H2,1H3,(H,18,19,20). The van der Waals surface area contributed by atoms with Crippen molar-refractivity contribution in [1.82, 2.24) is 9.97 Å². The van der Waals surface area contributed by atoms with Gasteiger partial charge in [0.15, 0.2) is 0 Å². The van der Waals surface area contributed by atoms with Crippen molar-refractivity contribution in [3.63, 3.8) is 0 Å². The van der Waals surface area contributed by atoms with Crippen molar-refractivity contribution >= 4 is 28.9 Å². The number of benzene rings is 1. The molecule has 0 amide bonds. The van der Waals surface area contributed by atoms with Gasteiger partial charge in [0, 0.05) is 29.9 Å². The van der Waals surface area contributed by atoms with Crippen molar-refractivity contribution in [3.8, 4) is 0 Å². The fourth-order valence-electron chi connectivity index (χ4n) is 2.53. The summed E-state index contributed by atoms with van der Waals surface area (Å²) in [6.07, 6.45) is 5.40. The van der Waals surface area contributed by atoms with Crippen LogP contribution in [0.4, 0.5) is 17.3 Å². The predicted molar refractivity (Wildman–Crippen MR) is 87.6 cm³/mol. The van der Waals surface area contributed by atoms with Crippen LogP contribution in [0.1, 0.15) is 24.8 Å². The van der Waals surface area contributed by atoms with Gasteiger partial charge in [0.2, 0.25) is 0 Å². The first kappa shape index (κ1) is 14.1. The smallest absolute Gasteiger partial charge is 0.135 e. The Hall–Kier alpha value is -1.81. The summed E-state index contributed by atoms with van der Waals surface area (Å²) in [5.74, 6) is 1.79. The van der Waals surface area contributed by atoms with Gasteiger partial charge >= 0.3 is 0 Å². The number of hydrogen-bond donors (Lipinski definition) is 1. The van der Waals surface area contributed by atoms with Crippen molar-refractivity contribution in [1.29, 1.82) is 0 Å². The Balaban J connectivity index is 1.77. The van der Waals surface area contributed by atoms with E-state index < -0.39 is 0 Å². The second-order valence-corrected chi connectivity index (χ2v) is 5.81. The molecule has 5 heteroatoms. The van der Waals surface area contributed by atoms with Crippen molar-refractivity contribution in [3.05, 3.63) is 41.2 Å². The molecule has 1 aliphatic heterocycles. The molecule has 1 aromatic carbocycles. The molecule has 0 saturated carbocycles. The molecule has 0 radical (unpaired) electrons. The molecule has 3 rings (SSSR count). The normalized spacial score (nSPS) is 15.0. The van der Waals surface area contributed by atoms with Crippen LogP contribution in [0.5, 0.6) is 0 Å². The fraction of sp³-hybridized carbons (Fsp3) is 0.375. The fourth-order valence-corrected chi connectivity index (χ4v) is 2.71. The lowest BCUT2D eigenvalue weighted by Crippen LogP contribution is -2.30. The van der Waals surface area contributed by atoms with Crippen molar-refractivity contribution in [2.75, 3.05) is 23.3 Å². The van der Waals surface area contributed by atoms with Gasteiger partial charge in [-0.05, 0) is 43.9 Å². The zero-order valence-corrected chi connectivity index (χ0v) is 12.9. The Morgan fingerprint density at radius 3 is 2.67 bits per heavy atom. The Kier molecular flexibility index (Phi) is 4.25. The second-order valence-electron chi connectivity index (χ2n) is 5.40. The first-order chi connectivity index (χ1) is 10.2. The number of aromatic nitrogens is 2. The predicted octanol–water partition coefficient (Wildman–Crippen LogP) is 4.17. The second kappa shape index (κ2) is 6.31. The molecule has 0 unspecified atom stereocenters. The quantitative estimate of drug-likeness (QED) is 0.924. The minimum Gasteiger partial charge on any atom is -0.356 e. The van der Waals surface area contributed by atoms with E-state index in [1.165, 1.54) is 19.3 Å². The van der Waals surface area contributed by atoms with Crippen LogP contribution in [0.25, 0.3) is 0 Å². The molecule has 1 fully saturated rings. The van der Waals surface area contributed by atoms with Crippen LogP contribution in [0.2, 0.25) is 5.02 Å². The van der Waals surface area contributed by atoms with Gasteiger partial charge in [-0.2, -0.15) is 0 Å². The highest BCUT2D eigenvalue weighted by Gasteiger charge is 2.12. The topological polar surface area (TPSA) is 41.0 Å². The van der Waals surface area contributed by atoms with E-state index in [4.69, 9.17) is 11.6 Å².